The monoisotopic (exact) mass is 384 g/mol. The maximum absolute atomic E-state index is 12.0. The Hall–Kier alpha value is -1.38. The van der Waals surface area contributed by atoms with E-state index in [1.54, 1.807) is 18.2 Å². The lowest BCUT2D eigenvalue weighted by molar-refractivity contribution is -0.138. The molecule has 6 nitrogen and oxygen atoms in total. The van der Waals surface area contributed by atoms with Gasteiger partial charge in [-0.1, -0.05) is 49.2 Å². The van der Waals surface area contributed by atoms with Crippen LogP contribution in [-0.4, -0.2) is 37.0 Å². The lowest BCUT2D eigenvalue weighted by Crippen LogP contribution is -2.38. The predicted molar refractivity (Wildman–Crippen MR) is 100 cm³/mol. The van der Waals surface area contributed by atoms with E-state index in [1.807, 2.05) is 0 Å². The molecule has 1 atom stereocenters. The van der Waals surface area contributed by atoms with Gasteiger partial charge in [-0.25, -0.2) is 0 Å². The minimum atomic E-state index is -3.67. The number of hydrogen-bond acceptors (Lipinski definition) is 5. The average Bonchev–Trinajstić information content (AvgIpc) is 2.61. The number of carbonyl (C=O) groups is 1. The second kappa shape index (κ2) is 9.94. The Morgan fingerprint density at radius 1 is 1.28 bits per heavy atom. The van der Waals surface area contributed by atoms with Crippen LogP contribution in [0.4, 0.5) is 0 Å². The van der Waals surface area contributed by atoms with Crippen LogP contribution in [-0.2, 0) is 14.8 Å². The first-order chi connectivity index (χ1) is 12.0. The van der Waals surface area contributed by atoms with Gasteiger partial charge < -0.3 is 10.4 Å². The summed E-state index contributed by atoms with van der Waals surface area (Å²) in [5.74, 6) is -0.00810. The van der Waals surface area contributed by atoms with Gasteiger partial charge in [0.15, 0.2) is 0 Å². The number of benzene rings is 1. The van der Waals surface area contributed by atoms with Gasteiger partial charge in [0.05, 0.1) is 16.9 Å². The summed E-state index contributed by atoms with van der Waals surface area (Å²) < 4.78 is 27.7. The number of carboxylic acids is 1. The summed E-state index contributed by atoms with van der Waals surface area (Å²) in [6, 6.07) is 7.97. The largest absolute Gasteiger partial charge is 0.481 e. The first-order valence-corrected chi connectivity index (χ1v) is 10.9. The lowest BCUT2D eigenvalue weighted by Gasteiger charge is -2.29. The first-order valence-electron chi connectivity index (χ1n) is 8.39. The topological polar surface area (TPSA) is 95.8 Å². The maximum Gasteiger partial charge on any atom is 0.304 e. The number of nitrogens with one attached hydrogen (secondary N) is 1. The molecular formula is C17H24N2O4S2. The van der Waals surface area contributed by atoms with Gasteiger partial charge >= 0.3 is 5.97 Å². The van der Waals surface area contributed by atoms with E-state index in [4.69, 9.17) is 5.11 Å². The number of nitrogens with zero attached hydrogens (tertiary/aromatic N) is 1. The van der Waals surface area contributed by atoms with E-state index < -0.39 is 16.0 Å². The van der Waals surface area contributed by atoms with E-state index in [2.05, 4.69) is 9.71 Å². The van der Waals surface area contributed by atoms with Crippen molar-refractivity contribution in [1.82, 2.24) is 5.32 Å². The van der Waals surface area contributed by atoms with Gasteiger partial charge in [0.1, 0.15) is 0 Å². The van der Waals surface area contributed by atoms with Crippen LogP contribution in [0.15, 0.2) is 39.6 Å². The fourth-order valence-electron chi connectivity index (χ4n) is 3.06. The predicted octanol–water partition coefficient (Wildman–Crippen LogP) is 3.11. The molecule has 1 aliphatic rings. The highest BCUT2D eigenvalue weighted by Gasteiger charge is 2.25. The maximum atomic E-state index is 12.0. The molecule has 1 fully saturated rings. The first kappa shape index (κ1) is 19.9. The number of hydrogen-bond donors (Lipinski definition) is 2. The molecule has 1 saturated carbocycles. The Morgan fingerprint density at radius 2 is 1.96 bits per heavy atom. The third-order valence-corrected chi connectivity index (χ3v) is 6.31. The summed E-state index contributed by atoms with van der Waals surface area (Å²) in [5, 5.41) is 12.3. The van der Waals surface area contributed by atoms with Crippen molar-refractivity contribution in [2.45, 2.75) is 49.5 Å². The minimum Gasteiger partial charge on any atom is -0.481 e. The number of rotatable bonds is 9. The van der Waals surface area contributed by atoms with Crippen LogP contribution in [0.1, 0.15) is 38.5 Å². The number of sulfonamides is 1. The number of aliphatic carboxylic acids is 1. The summed E-state index contributed by atoms with van der Waals surface area (Å²) in [6.07, 6.45) is 5.69. The number of carboxylic acid groups (broad SMARTS) is 1. The van der Waals surface area contributed by atoms with Crippen molar-refractivity contribution in [3.63, 3.8) is 0 Å². The highest BCUT2D eigenvalue weighted by Crippen LogP contribution is 2.28. The fourth-order valence-corrected chi connectivity index (χ4v) is 4.77. The Kier molecular flexibility index (Phi) is 7.92. The molecule has 1 unspecified atom stereocenters. The number of thioether (sulfide) groups is 1. The van der Waals surface area contributed by atoms with E-state index in [0.29, 0.717) is 11.8 Å². The van der Waals surface area contributed by atoms with Gasteiger partial charge in [-0.2, -0.15) is 12.8 Å². The molecule has 1 aromatic rings. The molecule has 0 amide bonds. The second-order valence-corrected chi connectivity index (χ2v) is 8.58. The summed E-state index contributed by atoms with van der Waals surface area (Å²) in [7, 11) is -3.67. The third-order valence-electron chi connectivity index (χ3n) is 4.34. The molecule has 2 N–H and O–H groups in total. The summed E-state index contributed by atoms with van der Waals surface area (Å²) in [4.78, 5) is 11.2. The van der Waals surface area contributed by atoms with E-state index in [1.165, 1.54) is 35.9 Å². The van der Waals surface area contributed by atoms with E-state index in [0.717, 1.165) is 25.7 Å². The van der Waals surface area contributed by atoms with Crippen molar-refractivity contribution in [1.29, 1.82) is 0 Å². The summed E-state index contributed by atoms with van der Waals surface area (Å²) in [5.41, 5.74) is 1.30. The van der Waals surface area contributed by atoms with Crippen LogP contribution >= 0.6 is 11.8 Å². The molecule has 1 aromatic carbocycles. The molecule has 0 aliphatic heterocycles. The van der Waals surface area contributed by atoms with Gasteiger partial charge in [-0.05, 0) is 30.9 Å². The van der Waals surface area contributed by atoms with Gasteiger partial charge in [0.25, 0.3) is 10.0 Å². The molecule has 0 aromatic heterocycles. The zero-order chi connectivity index (χ0) is 18.1. The minimum absolute atomic E-state index is 0.0792. The molecule has 1 aliphatic carbocycles. The van der Waals surface area contributed by atoms with E-state index >= 15 is 0 Å². The van der Waals surface area contributed by atoms with Crippen LogP contribution in [0.25, 0.3) is 0 Å². The standard InChI is InChI=1S/C17H24N2O4S2/c20-17(21)11-16(14-7-3-1-4-8-14)18-12-24-13-19-25(22,23)15-9-5-2-6-10-15/h2,5-6,9-10,13-14,16,18H,1,3-4,7-8,11-12H2,(H,20,21). The van der Waals surface area contributed by atoms with Crippen molar-refractivity contribution >= 4 is 33.3 Å². The highest BCUT2D eigenvalue weighted by atomic mass is 32.2. The van der Waals surface area contributed by atoms with Crippen LogP contribution in [0.5, 0.6) is 0 Å². The third kappa shape index (κ3) is 6.80. The van der Waals surface area contributed by atoms with Crippen LogP contribution in [0.2, 0.25) is 0 Å². The Bertz CT molecular complexity index is 671. The lowest BCUT2D eigenvalue weighted by atomic mass is 9.83. The molecule has 0 spiro atoms. The SMILES string of the molecule is O=C(O)CC(NCSC=NS(=O)(=O)c1ccccc1)C1CCCCC1. The Balaban J connectivity index is 1.83. The highest BCUT2D eigenvalue weighted by molar-refractivity contribution is 8.12. The quantitative estimate of drug-likeness (QED) is 0.294. The Labute approximate surface area is 153 Å². The van der Waals surface area contributed by atoms with E-state index in [9.17, 15) is 13.2 Å². The molecule has 25 heavy (non-hydrogen) atoms. The second-order valence-electron chi connectivity index (χ2n) is 6.12. The van der Waals surface area contributed by atoms with Crippen molar-refractivity contribution < 1.29 is 18.3 Å². The molecule has 0 bridgehead atoms. The zero-order valence-electron chi connectivity index (χ0n) is 14.0. The summed E-state index contributed by atoms with van der Waals surface area (Å²) in [6.45, 7) is 0. The zero-order valence-corrected chi connectivity index (χ0v) is 15.6. The molecule has 0 heterocycles. The molecule has 2 rings (SSSR count). The van der Waals surface area contributed by atoms with Gasteiger partial charge in [-0.15, -0.1) is 0 Å². The van der Waals surface area contributed by atoms with E-state index in [-0.39, 0.29) is 17.4 Å². The molecule has 8 heteroatoms. The van der Waals surface area contributed by atoms with Crippen LogP contribution in [0, 0.1) is 5.92 Å². The molecular weight excluding hydrogens is 360 g/mol. The van der Waals surface area contributed by atoms with Gasteiger partial charge in [0.2, 0.25) is 0 Å². The molecule has 0 saturated heterocycles. The molecule has 138 valence electrons. The fraction of sp³-hybridized carbons (Fsp3) is 0.529. The molecule has 0 radical (unpaired) electrons. The smallest absolute Gasteiger partial charge is 0.304 e. The van der Waals surface area contributed by atoms with Crippen LogP contribution < -0.4 is 5.32 Å². The van der Waals surface area contributed by atoms with Crippen LogP contribution in [0.3, 0.4) is 0 Å². The van der Waals surface area contributed by atoms with Crippen molar-refractivity contribution in [3.05, 3.63) is 30.3 Å². The van der Waals surface area contributed by atoms with Crippen molar-refractivity contribution in [2.75, 3.05) is 5.88 Å². The van der Waals surface area contributed by atoms with Gasteiger partial charge in [-0.3, -0.25) is 4.79 Å². The van der Waals surface area contributed by atoms with Gasteiger partial charge in [0, 0.05) is 11.9 Å². The average molecular weight is 385 g/mol. The normalized spacial score (nSPS) is 17.6. The van der Waals surface area contributed by atoms with Crippen molar-refractivity contribution in [2.24, 2.45) is 10.3 Å². The Morgan fingerprint density at radius 3 is 2.60 bits per heavy atom. The van der Waals surface area contributed by atoms with Crippen molar-refractivity contribution in [3.8, 4) is 0 Å². The summed E-state index contributed by atoms with van der Waals surface area (Å²) >= 11 is 1.22.